The van der Waals surface area contributed by atoms with Crippen LogP contribution in [0.3, 0.4) is 0 Å². The average Bonchev–Trinajstić information content (AvgIpc) is 3.06. The zero-order valence-electron chi connectivity index (χ0n) is 15.0. The minimum absolute atomic E-state index is 0.0254. The summed E-state index contributed by atoms with van der Waals surface area (Å²) >= 11 is 0. The fourth-order valence-corrected chi connectivity index (χ4v) is 2.51. The largest absolute Gasteiger partial charge is 0.471 e. The maximum Gasteiger partial charge on any atom is 0.245 e. The van der Waals surface area contributed by atoms with Gasteiger partial charge in [-0.1, -0.05) is 32.0 Å². The predicted octanol–water partition coefficient (Wildman–Crippen LogP) is 2.09. The molecule has 8 nitrogen and oxygen atoms in total. The van der Waals surface area contributed by atoms with Crippen LogP contribution in [0, 0.1) is 12.8 Å². The van der Waals surface area contributed by atoms with Crippen LogP contribution in [0.2, 0.25) is 0 Å². The first-order valence-corrected chi connectivity index (χ1v) is 8.39. The van der Waals surface area contributed by atoms with E-state index < -0.39 is 0 Å². The van der Waals surface area contributed by atoms with Gasteiger partial charge in [-0.3, -0.25) is 4.79 Å². The number of rotatable bonds is 6. The Balaban J connectivity index is 1.68. The van der Waals surface area contributed by atoms with E-state index in [-0.39, 0.29) is 17.8 Å². The number of aromatic amines is 1. The number of ether oxygens (including phenoxy) is 1. The lowest BCUT2D eigenvalue weighted by molar-refractivity contribution is -0.124. The van der Waals surface area contributed by atoms with Crippen LogP contribution >= 0.6 is 0 Å². The molecule has 4 N–H and O–H groups in total. The quantitative estimate of drug-likeness (QED) is 0.624. The summed E-state index contributed by atoms with van der Waals surface area (Å²) in [5.41, 5.74) is 9.93. The maximum absolute atomic E-state index is 11.7. The maximum atomic E-state index is 11.7. The number of anilines is 1. The van der Waals surface area contributed by atoms with Gasteiger partial charge in [0.1, 0.15) is 12.1 Å². The van der Waals surface area contributed by atoms with Gasteiger partial charge in [-0.05, 0) is 23.6 Å². The van der Waals surface area contributed by atoms with Crippen molar-refractivity contribution in [2.75, 3.05) is 5.73 Å². The van der Waals surface area contributed by atoms with E-state index in [9.17, 15) is 4.79 Å². The smallest absolute Gasteiger partial charge is 0.245 e. The van der Waals surface area contributed by atoms with Crippen LogP contribution in [0.5, 0.6) is 5.88 Å². The van der Waals surface area contributed by atoms with Gasteiger partial charge >= 0.3 is 0 Å². The third kappa shape index (κ3) is 3.90. The number of amides is 1. The molecule has 0 aliphatic carbocycles. The molecule has 0 atom stereocenters. The van der Waals surface area contributed by atoms with Gasteiger partial charge in [0, 0.05) is 12.5 Å². The van der Waals surface area contributed by atoms with Crippen LogP contribution in [0.15, 0.2) is 24.5 Å². The van der Waals surface area contributed by atoms with Gasteiger partial charge in [-0.25, -0.2) is 4.98 Å². The second kappa shape index (κ2) is 7.38. The van der Waals surface area contributed by atoms with Crippen molar-refractivity contribution in [3.05, 3.63) is 41.2 Å². The summed E-state index contributed by atoms with van der Waals surface area (Å²) in [6, 6.07) is 6.00. The number of nitrogens with zero attached hydrogens (tertiary/aromatic N) is 3. The van der Waals surface area contributed by atoms with Crippen LogP contribution in [-0.4, -0.2) is 25.8 Å². The normalized spacial score (nSPS) is 11.1. The van der Waals surface area contributed by atoms with Crippen molar-refractivity contribution in [3.63, 3.8) is 0 Å². The number of carbonyl (C=O) groups is 1. The number of imidazole rings is 1. The van der Waals surface area contributed by atoms with Gasteiger partial charge < -0.3 is 20.8 Å². The number of fused-ring (bicyclic) bond motifs is 1. The predicted molar refractivity (Wildman–Crippen MR) is 98.3 cm³/mol. The zero-order chi connectivity index (χ0) is 18.7. The van der Waals surface area contributed by atoms with Crippen molar-refractivity contribution in [2.45, 2.75) is 33.9 Å². The number of aryl methyl sites for hydroxylation is 1. The molecule has 1 aromatic carbocycles. The van der Waals surface area contributed by atoms with Crippen molar-refractivity contribution >= 4 is 23.0 Å². The number of hydrogen-bond acceptors (Lipinski definition) is 6. The Morgan fingerprint density at radius 2 is 2.15 bits per heavy atom. The highest BCUT2D eigenvalue weighted by atomic mass is 16.5. The first kappa shape index (κ1) is 17.7. The Morgan fingerprint density at radius 1 is 1.35 bits per heavy atom. The van der Waals surface area contributed by atoms with E-state index in [0.717, 1.165) is 16.7 Å². The van der Waals surface area contributed by atoms with E-state index in [2.05, 4.69) is 25.3 Å². The van der Waals surface area contributed by atoms with E-state index in [1.54, 1.807) is 0 Å². The molecular weight excluding hydrogens is 332 g/mol. The number of hydrogen-bond donors (Lipinski definition) is 3. The van der Waals surface area contributed by atoms with Crippen LogP contribution in [0.25, 0.3) is 11.2 Å². The van der Waals surface area contributed by atoms with E-state index in [0.29, 0.717) is 30.2 Å². The van der Waals surface area contributed by atoms with E-state index in [1.165, 1.54) is 6.33 Å². The molecule has 1 amide bonds. The molecule has 3 rings (SSSR count). The van der Waals surface area contributed by atoms with Crippen LogP contribution in [0.4, 0.5) is 5.95 Å². The topological polar surface area (TPSA) is 119 Å². The highest BCUT2D eigenvalue weighted by molar-refractivity contribution is 5.78. The Hall–Kier alpha value is -3.16. The molecule has 3 aromatic rings. The molecule has 0 saturated heterocycles. The molecule has 0 bridgehead atoms. The van der Waals surface area contributed by atoms with E-state index >= 15 is 0 Å². The molecule has 0 aliphatic rings. The van der Waals surface area contributed by atoms with Crippen molar-refractivity contribution < 1.29 is 9.53 Å². The molecule has 2 heterocycles. The summed E-state index contributed by atoms with van der Waals surface area (Å²) in [6.07, 6.45) is 1.52. The Bertz CT molecular complexity index is 935. The average molecular weight is 354 g/mol. The van der Waals surface area contributed by atoms with Crippen molar-refractivity contribution in [3.8, 4) is 5.88 Å². The molecule has 0 aliphatic heterocycles. The lowest BCUT2D eigenvalue weighted by Gasteiger charge is -2.12. The minimum atomic E-state index is -0.0254. The number of benzene rings is 1. The molecule has 0 radical (unpaired) electrons. The second-order valence-corrected chi connectivity index (χ2v) is 6.41. The molecule has 2 aromatic heterocycles. The Morgan fingerprint density at radius 3 is 2.88 bits per heavy atom. The van der Waals surface area contributed by atoms with Gasteiger partial charge in [-0.2, -0.15) is 9.97 Å². The van der Waals surface area contributed by atoms with Crippen molar-refractivity contribution in [1.82, 2.24) is 25.3 Å². The minimum Gasteiger partial charge on any atom is -0.471 e. The second-order valence-electron chi connectivity index (χ2n) is 6.41. The number of H-pyrrole nitrogens is 1. The first-order chi connectivity index (χ1) is 12.4. The number of nitrogen functional groups attached to an aromatic ring is 1. The molecule has 8 heteroatoms. The van der Waals surface area contributed by atoms with Gasteiger partial charge in [0.15, 0.2) is 5.65 Å². The number of nitrogens with one attached hydrogen (secondary N) is 2. The standard InChI is InChI=1S/C18H22N6O2/c1-10(2)16(25)20-7-13-5-4-12(6-11(13)3)8-26-17-14-15(22-9-21-14)23-18(19)24-17/h4-6,9-10H,7-8H2,1-3H3,(H,20,25)(H3,19,21,22,23,24). The SMILES string of the molecule is Cc1cc(COc2nc(N)nc3nc[nH]c23)ccc1CNC(=O)C(C)C. The summed E-state index contributed by atoms with van der Waals surface area (Å²) in [4.78, 5) is 26.9. The highest BCUT2D eigenvalue weighted by Crippen LogP contribution is 2.21. The summed E-state index contributed by atoms with van der Waals surface area (Å²) < 4.78 is 5.80. The Kier molecular flexibility index (Phi) is 5.01. The van der Waals surface area contributed by atoms with Gasteiger partial charge in [0.25, 0.3) is 0 Å². The Labute approximate surface area is 151 Å². The molecule has 0 unspecified atom stereocenters. The third-order valence-electron chi connectivity index (χ3n) is 4.03. The monoisotopic (exact) mass is 354 g/mol. The lowest BCUT2D eigenvalue weighted by Crippen LogP contribution is -2.27. The molecule has 136 valence electrons. The lowest BCUT2D eigenvalue weighted by atomic mass is 10.1. The highest BCUT2D eigenvalue weighted by Gasteiger charge is 2.11. The number of nitrogens with two attached hydrogens (primary N) is 1. The van der Waals surface area contributed by atoms with Crippen molar-refractivity contribution in [1.29, 1.82) is 0 Å². The summed E-state index contributed by atoms with van der Waals surface area (Å²) in [5, 5.41) is 2.93. The summed E-state index contributed by atoms with van der Waals surface area (Å²) in [6.45, 7) is 6.61. The van der Waals surface area contributed by atoms with E-state index in [1.807, 2.05) is 39.0 Å². The third-order valence-corrected chi connectivity index (χ3v) is 4.03. The van der Waals surface area contributed by atoms with Crippen LogP contribution in [0.1, 0.15) is 30.5 Å². The number of aromatic nitrogens is 4. The molecular formula is C18H22N6O2. The molecule has 0 saturated carbocycles. The van der Waals surface area contributed by atoms with Crippen molar-refractivity contribution in [2.24, 2.45) is 5.92 Å². The number of carbonyl (C=O) groups excluding carboxylic acids is 1. The first-order valence-electron chi connectivity index (χ1n) is 8.39. The summed E-state index contributed by atoms with van der Waals surface area (Å²) in [5.74, 6) is 0.507. The van der Waals surface area contributed by atoms with E-state index in [4.69, 9.17) is 10.5 Å². The fourth-order valence-electron chi connectivity index (χ4n) is 2.51. The molecule has 26 heavy (non-hydrogen) atoms. The van der Waals surface area contributed by atoms with Gasteiger partial charge in [0.2, 0.25) is 17.7 Å². The van der Waals surface area contributed by atoms with Gasteiger partial charge in [0.05, 0.1) is 6.33 Å². The summed E-state index contributed by atoms with van der Waals surface area (Å²) in [7, 11) is 0. The zero-order valence-corrected chi connectivity index (χ0v) is 15.0. The van der Waals surface area contributed by atoms with Crippen LogP contribution in [-0.2, 0) is 17.9 Å². The van der Waals surface area contributed by atoms with Crippen LogP contribution < -0.4 is 15.8 Å². The van der Waals surface area contributed by atoms with Gasteiger partial charge in [-0.15, -0.1) is 0 Å². The molecule has 0 spiro atoms. The molecule has 0 fully saturated rings. The fraction of sp³-hybridized carbons (Fsp3) is 0.333.